The zero-order valence-corrected chi connectivity index (χ0v) is 14.5. The van der Waals surface area contributed by atoms with E-state index in [4.69, 9.17) is 0 Å². The van der Waals surface area contributed by atoms with Gasteiger partial charge in [0, 0.05) is 5.41 Å². The molecule has 0 atom stereocenters. The van der Waals surface area contributed by atoms with Gasteiger partial charge in [0.25, 0.3) is 5.56 Å². The molecule has 2 fully saturated rings. The second-order valence-corrected chi connectivity index (χ2v) is 8.04. The maximum absolute atomic E-state index is 12.6. The van der Waals surface area contributed by atoms with Crippen molar-refractivity contribution in [2.45, 2.75) is 89.4 Å². The summed E-state index contributed by atoms with van der Waals surface area (Å²) >= 11 is 0. The number of rotatable bonds is 3. The third-order valence-corrected chi connectivity index (χ3v) is 6.18. The van der Waals surface area contributed by atoms with Crippen LogP contribution in [-0.4, -0.2) is 15.1 Å². The van der Waals surface area contributed by atoms with Crippen molar-refractivity contribution in [2.75, 3.05) is 0 Å². The average molecular weight is 318 g/mol. The first-order chi connectivity index (χ1) is 11.0. The zero-order valence-electron chi connectivity index (χ0n) is 14.5. The van der Waals surface area contributed by atoms with Gasteiger partial charge in [-0.1, -0.05) is 52.4 Å². The smallest absolute Gasteiger partial charge is 0.258 e. The molecule has 3 rings (SSSR count). The summed E-state index contributed by atoms with van der Waals surface area (Å²) in [6, 6.07) is 0. The first-order valence-corrected chi connectivity index (χ1v) is 9.34. The highest BCUT2D eigenvalue weighted by Crippen LogP contribution is 2.40. The summed E-state index contributed by atoms with van der Waals surface area (Å²) < 4.78 is 0. The Hall–Kier alpha value is -1.32. The zero-order chi connectivity index (χ0) is 16.4. The Morgan fingerprint density at radius 1 is 1.00 bits per heavy atom. The first-order valence-electron chi connectivity index (χ1n) is 9.34. The summed E-state index contributed by atoms with van der Waals surface area (Å²) in [5, 5.41) is 10.5. The molecule has 4 heteroatoms. The van der Waals surface area contributed by atoms with E-state index in [-0.39, 0.29) is 22.8 Å². The maximum atomic E-state index is 12.6. The topological polar surface area (TPSA) is 66.0 Å². The fourth-order valence-electron chi connectivity index (χ4n) is 4.55. The predicted octanol–water partition coefficient (Wildman–Crippen LogP) is 4.38. The lowest BCUT2D eigenvalue weighted by molar-refractivity contribution is 0.223. The Bertz CT molecular complexity index is 594. The third kappa shape index (κ3) is 3.31. The molecule has 2 N–H and O–H groups in total. The van der Waals surface area contributed by atoms with Crippen molar-refractivity contribution in [3.63, 3.8) is 0 Å². The fraction of sp³-hybridized carbons (Fsp3) is 0.789. The van der Waals surface area contributed by atoms with Crippen LogP contribution >= 0.6 is 0 Å². The standard InChI is InChI=1S/C19H30N2O2/c1-19(2,14-11-7-4-8-12-14)18-20-16(22)15(17(23)21-18)13-9-5-3-6-10-13/h13-14H,3-12H2,1-2H3,(H2,20,21,22,23). The van der Waals surface area contributed by atoms with Crippen LogP contribution < -0.4 is 5.56 Å². The lowest BCUT2D eigenvalue weighted by Gasteiger charge is -2.36. The van der Waals surface area contributed by atoms with E-state index < -0.39 is 0 Å². The van der Waals surface area contributed by atoms with Gasteiger partial charge in [-0.3, -0.25) is 4.79 Å². The molecule has 2 aliphatic carbocycles. The summed E-state index contributed by atoms with van der Waals surface area (Å²) in [6.45, 7) is 4.31. The van der Waals surface area contributed by atoms with E-state index in [1.54, 1.807) is 0 Å². The van der Waals surface area contributed by atoms with Crippen LogP contribution in [0.2, 0.25) is 0 Å². The minimum atomic E-state index is -0.192. The minimum absolute atomic E-state index is 0.0282. The molecule has 0 bridgehead atoms. The molecule has 0 aliphatic heterocycles. The van der Waals surface area contributed by atoms with E-state index in [1.807, 2.05) is 0 Å². The van der Waals surface area contributed by atoms with Gasteiger partial charge in [0.1, 0.15) is 5.82 Å². The Kier molecular flexibility index (Phi) is 4.79. The largest absolute Gasteiger partial charge is 0.493 e. The maximum Gasteiger partial charge on any atom is 0.258 e. The molecule has 0 spiro atoms. The van der Waals surface area contributed by atoms with E-state index >= 15 is 0 Å². The molecule has 2 aliphatic rings. The Balaban J connectivity index is 1.90. The lowest BCUT2D eigenvalue weighted by Crippen LogP contribution is -2.35. The van der Waals surface area contributed by atoms with E-state index in [2.05, 4.69) is 23.8 Å². The molecule has 0 saturated heterocycles. The molecule has 1 heterocycles. The number of hydrogen-bond acceptors (Lipinski definition) is 3. The predicted molar refractivity (Wildman–Crippen MR) is 91.9 cm³/mol. The van der Waals surface area contributed by atoms with E-state index in [0.29, 0.717) is 17.3 Å². The number of aromatic hydroxyl groups is 1. The van der Waals surface area contributed by atoms with Gasteiger partial charge in [-0.15, -0.1) is 0 Å². The Labute approximate surface area is 138 Å². The minimum Gasteiger partial charge on any atom is -0.493 e. The van der Waals surface area contributed by atoms with Crippen molar-refractivity contribution in [1.29, 1.82) is 0 Å². The number of nitrogens with zero attached hydrogens (tertiary/aromatic N) is 1. The molecule has 4 nitrogen and oxygen atoms in total. The molecule has 0 amide bonds. The molecule has 2 saturated carbocycles. The van der Waals surface area contributed by atoms with Crippen LogP contribution in [0.5, 0.6) is 5.88 Å². The molecule has 0 unspecified atom stereocenters. The average Bonchev–Trinajstić information content (AvgIpc) is 2.56. The summed E-state index contributed by atoms with van der Waals surface area (Å²) in [5.41, 5.74) is 0.207. The van der Waals surface area contributed by atoms with Gasteiger partial charge in [0.05, 0.1) is 5.56 Å². The lowest BCUT2D eigenvalue weighted by atomic mass is 9.70. The first kappa shape index (κ1) is 16.5. The number of nitrogens with one attached hydrogen (secondary N) is 1. The highest BCUT2D eigenvalue weighted by molar-refractivity contribution is 5.28. The normalized spacial score (nSPS) is 21.5. The Morgan fingerprint density at radius 2 is 1.57 bits per heavy atom. The number of aromatic amines is 1. The van der Waals surface area contributed by atoms with E-state index in [0.717, 1.165) is 25.7 Å². The molecule has 128 valence electrons. The Morgan fingerprint density at radius 3 is 2.13 bits per heavy atom. The molecule has 23 heavy (non-hydrogen) atoms. The van der Waals surface area contributed by atoms with Crippen molar-refractivity contribution in [2.24, 2.45) is 5.92 Å². The highest BCUT2D eigenvalue weighted by Gasteiger charge is 2.35. The molecular formula is C19H30N2O2. The van der Waals surface area contributed by atoms with Crippen molar-refractivity contribution in [3.8, 4) is 5.88 Å². The van der Waals surface area contributed by atoms with Gasteiger partial charge < -0.3 is 10.1 Å². The SMILES string of the molecule is CC(C)(c1nc(O)c(C2CCCCC2)c(=O)[nH]1)C1CCCCC1. The second kappa shape index (κ2) is 6.66. The summed E-state index contributed by atoms with van der Waals surface area (Å²) in [5.74, 6) is 1.33. The van der Waals surface area contributed by atoms with Crippen LogP contribution in [-0.2, 0) is 5.41 Å². The van der Waals surface area contributed by atoms with E-state index in [1.165, 1.54) is 38.5 Å². The van der Waals surface area contributed by atoms with Gasteiger partial charge in [-0.25, -0.2) is 0 Å². The van der Waals surface area contributed by atoms with Gasteiger partial charge in [-0.05, 0) is 37.5 Å². The second-order valence-electron chi connectivity index (χ2n) is 8.04. The fourth-order valence-corrected chi connectivity index (χ4v) is 4.55. The van der Waals surface area contributed by atoms with Crippen LogP contribution in [0.15, 0.2) is 4.79 Å². The van der Waals surface area contributed by atoms with Crippen LogP contribution in [0.25, 0.3) is 0 Å². The van der Waals surface area contributed by atoms with Crippen LogP contribution in [0.1, 0.15) is 95.4 Å². The molecular weight excluding hydrogens is 288 g/mol. The van der Waals surface area contributed by atoms with Gasteiger partial charge >= 0.3 is 0 Å². The van der Waals surface area contributed by atoms with Crippen LogP contribution in [0, 0.1) is 5.92 Å². The van der Waals surface area contributed by atoms with Crippen molar-refractivity contribution < 1.29 is 5.11 Å². The van der Waals surface area contributed by atoms with Gasteiger partial charge in [0.2, 0.25) is 5.88 Å². The van der Waals surface area contributed by atoms with Crippen molar-refractivity contribution in [3.05, 3.63) is 21.7 Å². The van der Waals surface area contributed by atoms with Crippen molar-refractivity contribution in [1.82, 2.24) is 9.97 Å². The number of H-pyrrole nitrogens is 1. The molecule has 0 aromatic carbocycles. The van der Waals surface area contributed by atoms with Crippen molar-refractivity contribution >= 4 is 0 Å². The molecule has 0 radical (unpaired) electrons. The molecule has 1 aromatic heterocycles. The molecule has 1 aromatic rings. The summed E-state index contributed by atoms with van der Waals surface area (Å²) in [4.78, 5) is 20.1. The third-order valence-electron chi connectivity index (χ3n) is 6.18. The van der Waals surface area contributed by atoms with Gasteiger partial charge in [0.15, 0.2) is 0 Å². The monoisotopic (exact) mass is 318 g/mol. The highest BCUT2D eigenvalue weighted by atomic mass is 16.3. The van der Waals surface area contributed by atoms with Crippen LogP contribution in [0.3, 0.4) is 0 Å². The quantitative estimate of drug-likeness (QED) is 0.869. The summed E-state index contributed by atoms with van der Waals surface area (Å²) in [6.07, 6.45) is 11.7. The number of aromatic nitrogens is 2. The summed E-state index contributed by atoms with van der Waals surface area (Å²) in [7, 11) is 0. The number of hydrogen-bond donors (Lipinski definition) is 2. The van der Waals surface area contributed by atoms with Crippen LogP contribution in [0.4, 0.5) is 0 Å². The van der Waals surface area contributed by atoms with E-state index in [9.17, 15) is 9.90 Å². The van der Waals surface area contributed by atoms with Gasteiger partial charge in [-0.2, -0.15) is 4.98 Å².